The van der Waals surface area contributed by atoms with E-state index in [-0.39, 0.29) is 25.1 Å². The number of aromatic nitrogens is 1. The van der Waals surface area contributed by atoms with Gasteiger partial charge >= 0.3 is 0 Å². The van der Waals surface area contributed by atoms with Crippen molar-refractivity contribution >= 4 is 15.7 Å². The summed E-state index contributed by atoms with van der Waals surface area (Å²) in [6, 6.07) is 10.3. The van der Waals surface area contributed by atoms with Gasteiger partial charge in [0.25, 0.3) is 11.5 Å². The van der Waals surface area contributed by atoms with Gasteiger partial charge in [0.2, 0.25) is 0 Å². The standard InChI is InChI=1S/C20H22N2O6S/c1-20(19(25)21-26,29(2,27)28)10-12-22-11-9-17(14-18(22)24)16-7-5-15(6-8-16)4-3-13-23/h5-9,11,14,23,26H,10,12-13H2,1-2H3,(H,21,25). The number of carbonyl (C=O) groups is 1. The third-order valence-corrected chi connectivity index (χ3v) is 6.78. The highest BCUT2D eigenvalue weighted by Gasteiger charge is 2.43. The molecule has 154 valence electrons. The van der Waals surface area contributed by atoms with E-state index in [1.54, 1.807) is 30.3 Å². The van der Waals surface area contributed by atoms with Crippen molar-refractivity contribution < 1.29 is 23.5 Å². The third kappa shape index (κ3) is 5.12. The Labute approximate surface area is 168 Å². The monoisotopic (exact) mass is 418 g/mol. The molecule has 0 bridgehead atoms. The summed E-state index contributed by atoms with van der Waals surface area (Å²) in [6.45, 7) is 0.957. The number of aryl methyl sites for hydroxylation is 1. The molecular formula is C20H22N2O6S. The van der Waals surface area contributed by atoms with Crippen LogP contribution in [0.25, 0.3) is 11.1 Å². The fraction of sp³-hybridized carbons (Fsp3) is 0.300. The second-order valence-corrected chi connectivity index (χ2v) is 9.12. The Morgan fingerprint density at radius 3 is 2.38 bits per heavy atom. The van der Waals surface area contributed by atoms with Crippen LogP contribution in [0.2, 0.25) is 0 Å². The maximum absolute atomic E-state index is 12.4. The fourth-order valence-corrected chi connectivity index (χ4v) is 3.52. The number of carbonyl (C=O) groups excluding carboxylic acids is 1. The first-order chi connectivity index (χ1) is 13.6. The van der Waals surface area contributed by atoms with Gasteiger partial charge in [-0.1, -0.05) is 24.0 Å². The number of pyridine rings is 1. The van der Waals surface area contributed by atoms with Gasteiger partial charge in [0.15, 0.2) is 14.6 Å². The Hall–Kier alpha value is -2.93. The van der Waals surface area contributed by atoms with Crippen LogP contribution >= 0.6 is 0 Å². The zero-order chi connectivity index (χ0) is 21.7. The molecule has 0 saturated heterocycles. The van der Waals surface area contributed by atoms with Crippen molar-refractivity contribution in [1.29, 1.82) is 0 Å². The molecule has 2 aromatic rings. The Morgan fingerprint density at radius 1 is 1.21 bits per heavy atom. The minimum atomic E-state index is -3.83. The Morgan fingerprint density at radius 2 is 1.86 bits per heavy atom. The van der Waals surface area contributed by atoms with Crippen LogP contribution < -0.4 is 11.0 Å². The summed E-state index contributed by atoms with van der Waals surface area (Å²) >= 11 is 0. The van der Waals surface area contributed by atoms with Crippen molar-refractivity contribution in [1.82, 2.24) is 10.0 Å². The molecule has 1 aromatic carbocycles. The summed E-state index contributed by atoms with van der Waals surface area (Å²) < 4.78 is 23.5. The third-order valence-electron chi connectivity index (χ3n) is 4.76. The number of hydrogen-bond acceptors (Lipinski definition) is 6. The van der Waals surface area contributed by atoms with Crippen molar-refractivity contribution in [3.05, 3.63) is 58.5 Å². The van der Waals surface area contributed by atoms with E-state index in [1.165, 1.54) is 29.2 Å². The van der Waals surface area contributed by atoms with Gasteiger partial charge in [0.05, 0.1) is 0 Å². The highest BCUT2D eigenvalue weighted by atomic mass is 32.2. The molecular weight excluding hydrogens is 396 g/mol. The molecule has 0 spiro atoms. The molecule has 1 heterocycles. The van der Waals surface area contributed by atoms with Gasteiger partial charge in [0.1, 0.15) is 6.61 Å². The number of hydroxylamine groups is 1. The number of hydrogen-bond donors (Lipinski definition) is 3. The van der Waals surface area contributed by atoms with Gasteiger partial charge < -0.3 is 9.67 Å². The van der Waals surface area contributed by atoms with Gasteiger partial charge in [0, 0.05) is 30.6 Å². The second kappa shape index (κ2) is 9.05. The zero-order valence-electron chi connectivity index (χ0n) is 16.0. The normalized spacial score (nSPS) is 13.1. The predicted molar refractivity (Wildman–Crippen MR) is 108 cm³/mol. The second-order valence-electron chi connectivity index (χ2n) is 6.68. The summed E-state index contributed by atoms with van der Waals surface area (Å²) in [4.78, 5) is 24.3. The lowest BCUT2D eigenvalue weighted by Crippen LogP contribution is -2.49. The lowest BCUT2D eigenvalue weighted by Gasteiger charge is -2.25. The predicted octanol–water partition coefficient (Wildman–Crippen LogP) is 0.558. The number of amides is 1. The number of aliphatic hydroxyl groups excluding tert-OH is 1. The highest BCUT2D eigenvalue weighted by Crippen LogP contribution is 2.22. The molecule has 3 N–H and O–H groups in total. The molecule has 1 unspecified atom stereocenters. The number of nitrogens with zero attached hydrogens (tertiary/aromatic N) is 1. The molecule has 1 amide bonds. The van der Waals surface area contributed by atoms with E-state index in [2.05, 4.69) is 11.8 Å². The van der Waals surface area contributed by atoms with Crippen molar-refractivity contribution in [3.63, 3.8) is 0 Å². The average Bonchev–Trinajstić information content (AvgIpc) is 2.69. The first-order valence-electron chi connectivity index (χ1n) is 8.67. The van der Waals surface area contributed by atoms with E-state index in [4.69, 9.17) is 10.3 Å². The molecule has 29 heavy (non-hydrogen) atoms. The topological polar surface area (TPSA) is 126 Å². The maximum atomic E-state index is 12.4. The molecule has 0 aliphatic rings. The van der Waals surface area contributed by atoms with Crippen molar-refractivity contribution in [2.75, 3.05) is 12.9 Å². The van der Waals surface area contributed by atoms with Crippen molar-refractivity contribution in [3.8, 4) is 23.0 Å². The molecule has 0 saturated carbocycles. The average molecular weight is 418 g/mol. The molecule has 0 radical (unpaired) electrons. The molecule has 0 aliphatic heterocycles. The quantitative estimate of drug-likeness (QED) is 0.358. The van der Waals surface area contributed by atoms with Gasteiger partial charge in [-0.25, -0.2) is 13.9 Å². The SMILES string of the molecule is CC(CCn1ccc(-c2ccc(C#CCO)cc2)cc1=O)(C(=O)NO)S(C)(=O)=O. The van der Waals surface area contributed by atoms with Crippen LogP contribution in [-0.4, -0.2) is 46.8 Å². The maximum Gasteiger partial charge on any atom is 0.264 e. The van der Waals surface area contributed by atoms with Crippen LogP contribution in [-0.2, 0) is 21.2 Å². The van der Waals surface area contributed by atoms with E-state index in [9.17, 15) is 18.0 Å². The van der Waals surface area contributed by atoms with Crippen molar-refractivity contribution in [2.45, 2.75) is 24.6 Å². The summed E-state index contributed by atoms with van der Waals surface area (Å²) in [6.07, 6.45) is 2.25. The number of nitrogens with one attached hydrogen (secondary N) is 1. The largest absolute Gasteiger partial charge is 0.384 e. The molecule has 9 heteroatoms. The van der Waals surface area contributed by atoms with E-state index >= 15 is 0 Å². The highest BCUT2D eigenvalue weighted by molar-refractivity contribution is 7.92. The number of aliphatic hydroxyl groups is 1. The van der Waals surface area contributed by atoms with E-state index in [1.807, 2.05) is 0 Å². The molecule has 1 aromatic heterocycles. The summed E-state index contributed by atoms with van der Waals surface area (Å²) in [7, 11) is -3.83. The van der Waals surface area contributed by atoms with Crippen LogP contribution in [0.4, 0.5) is 0 Å². The Bertz CT molecular complexity index is 1110. The summed E-state index contributed by atoms with van der Waals surface area (Å²) in [5, 5.41) is 17.6. The van der Waals surface area contributed by atoms with Gasteiger partial charge in [-0.05, 0) is 42.7 Å². The van der Waals surface area contributed by atoms with E-state index in [0.29, 0.717) is 5.56 Å². The smallest absolute Gasteiger partial charge is 0.264 e. The van der Waals surface area contributed by atoms with E-state index < -0.39 is 20.5 Å². The minimum absolute atomic E-state index is 0.0220. The summed E-state index contributed by atoms with van der Waals surface area (Å²) in [5.74, 6) is 4.29. The number of rotatable bonds is 6. The summed E-state index contributed by atoms with van der Waals surface area (Å²) in [5.41, 5.74) is 3.23. The van der Waals surface area contributed by atoms with Crippen LogP contribution in [0.3, 0.4) is 0 Å². The molecule has 2 rings (SSSR count). The molecule has 8 nitrogen and oxygen atoms in total. The zero-order valence-corrected chi connectivity index (χ0v) is 16.9. The van der Waals surface area contributed by atoms with Crippen LogP contribution in [0, 0.1) is 11.8 Å². The number of sulfone groups is 1. The van der Waals surface area contributed by atoms with Crippen LogP contribution in [0.1, 0.15) is 18.9 Å². The van der Waals surface area contributed by atoms with Gasteiger partial charge in [-0.3, -0.25) is 14.8 Å². The van der Waals surface area contributed by atoms with Gasteiger partial charge in [-0.2, -0.15) is 0 Å². The van der Waals surface area contributed by atoms with E-state index in [0.717, 1.165) is 17.4 Å². The van der Waals surface area contributed by atoms with Gasteiger partial charge in [-0.15, -0.1) is 0 Å². The lowest BCUT2D eigenvalue weighted by atomic mass is 10.0. The fourth-order valence-electron chi connectivity index (χ4n) is 2.68. The Kier molecular flexibility index (Phi) is 6.97. The molecule has 0 fully saturated rings. The van der Waals surface area contributed by atoms with Crippen LogP contribution in [0.15, 0.2) is 47.4 Å². The minimum Gasteiger partial charge on any atom is -0.384 e. The van der Waals surface area contributed by atoms with Crippen molar-refractivity contribution in [2.24, 2.45) is 0 Å². The number of benzene rings is 1. The van der Waals surface area contributed by atoms with Crippen LogP contribution in [0.5, 0.6) is 0 Å². The molecule has 1 atom stereocenters. The Balaban J connectivity index is 2.23. The molecule has 0 aliphatic carbocycles. The first kappa shape index (κ1) is 22.4. The lowest BCUT2D eigenvalue weighted by molar-refractivity contribution is -0.131. The first-order valence-corrected chi connectivity index (χ1v) is 10.6.